The second kappa shape index (κ2) is 6.79. The summed E-state index contributed by atoms with van der Waals surface area (Å²) in [6, 6.07) is 0. The number of rotatable bonds is 3. The van der Waals surface area contributed by atoms with Crippen molar-refractivity contribution in [1.29, 1.82) is 0 Å². The van der Waals surface area contributed by atoms with Crippen molar-refractivity contribution in [3.8, 4) is 0 Å². The second-order valence-electron chi connectivity index (χ2n) is 7.11. The fourth-order valence-electron chi connectivity index (χ4n) is 3.00. The molecule has 1 atom stereocenters. The second-order valence-corrected chi connectivity index (χ2v) is 7.11. The Hall–Kier alpha value is -2.49. The van der Waals surface area contributed by atoms with Crippen molar-refractivity contribution in [3.63, 3.8) is 0 Å². The number of hydrogen-bond acceptors (Lipinski definition) is 7. The van der Waals surface area contributed by atoms with Crippen LogP contribution >= 0.6 is 0 Å². The first-order valence-corrected chi connectivity index (χ1v) is 7.94. The number of nitrogens with one attached hydrogen (secondary N) is 2. The largest absolute Gasteiger partial charge is 0.444 e. The summed E-state index contributed by atoms with van der Waals surface area (Å²) in [5.74, 6) is -0.163. The lowest BCUT2D eigenvalue weighted by atomic mass is 9.85. The molecule has 10 heteroatoms. The minimum atomic E-state index is -1.27. The summed E-state index contributed by atoms with van der Waals surface area (Å²) in [5.41, 5.74) is -2.07. The van der Waals surface area contributed by atoms with Gasteiger partial charge < -0.3 is 15.4 Å². The molecule has 0 unspecified atom stereocenters. The Balaban J connectivity index is 2.50. The maximum atomic E-state index is 12.4. The molecule has 1 aromatic rings. The van der Waals surface area contributed by atoms with Crippen molar-refractivity contribution in [2.24, 2.45) is 7.05 Å². The van der Waals surface area contributed by atoms with Gasteiger partial charge in [0.15, 0.2) is 0 Å². The SMILES string of the molecule is Cn1ncc([N+](=O)[O-])c1[C@@]1(NC(=O)OC(C)(C)C)CCNCC(=O)C1. The molecule has 25 heavy (non-hydrogen) atoms. The summed E-state index contributed by atoms with van der Waals surface area (Å²) in [6.45, 7) is 5.69. The van der Waals surface area contributed by atoms with Gasteiger partial charge in [-0.3, -0.25) is 19.6 Å². The topological polar surface area (TPSA) is 128 Å². The molecular weight excluding hydrogens is 330 g/mol. The number of alkyl carbamates (subject to hydrolysis) is 1. The number of nitro groups is 1. The van der Waals surface area contributed by atoms with E-state index >= 15 is 0 Å². The highest BCUT2D eigenvalue weighted by molar-refractivity contribution is 5.83. The standard InChI is InChI=1S/C15H23N5O5/c1-14(2,3)25-13(22)18-15(5-6-16-8-10(21)7-15)12-11(20(23)24)9-17-19(12)4/h9,16H,5-8H2,1-4H3,(H,18,22)/t15-/m1/s1. The molecule has 1 amide bonds. The van der Waals surface area contributed by atoms with Crippen LogP contribution in [0.1, 0.15) is 39.3 Å². The molecule has 0 aromatic carbocycles. The van der Waals surface area contributed by atoms with Gasteiger partial charge in [-0.25, -0.2) is 4.79 Å². The number of aromatic nitrogens is 2. The zero-order chi connectivity index (χ0) is 18.8. The third kappa shape index (κ3) is 4.32. The van der Waals surface area contributed by atoms with Crippen LogP contribution < -0.4 is 10.6 Å². The van der Waals surface area contributed by atoms with Gasteiger partial charge in [-0.05, 0) is 33.7 Å². The van der Waals surface area contributed by atoms with Crippen LogP contribution in [-0.4, -0.2) is 45.3 Å². The van der Waals surface area contributed by atoms with Crippen LogP contribution in [0.2, 0.25) is 0 Å². The van der Waals surface area contributed by atoms with Gasteiger partial charge in [-0.15, -0.1) is 0 Å². The van der Waals surface area contributed by atoms with E-state index in [1.165, 1.54) is 4.68 Å². The Morgan fingerprint density at radius 3 is 2.80 bits per heavy atom. The molecule has 1 aliphatic rings. The van der Waals surface area contributed by atoms with Gasteiger partial charge in [0.2, 0.25) is 0 Å². The Labute approximate surface area is 145 Å². The molecule has 10 nitrogen and oxygen atoms in total. The molecule has 0 radical (unpaired) electrons. The first-order chi connectivity index (χ1) is 11.5. The van der Waals surface area contributed by atoms with Crippen molar-refractivity contribution in [2.45, 2.75) is 44.8 Å². The van der Waals surface area contributed by atoms with Crippen molar-refractivity contribution in [2.75, 3.05) is 13.1 Å². The zero-order valence-corrected chi connectivity index (χ0v) is 14.8. The molecule has 2 N–H and O–H groups in total. The molecule has 1 saturated heterocycles. The quantitative estimate of drug-likeness (QED) is 0.612. The maximum absolute atomic E-state index is 12.4. The monoisotopic (exact) mass is 353 g/mol. The third-order valence-corrected chi connectivity index (χ3v) is 3.86. The van der Waals surface area contributed by atoms with Gasteiger partial charge >= 0.3 is 11.8 Å². The van der Waals surface area contributed by atoms with Gasteiger partial charge in [0.05, 0.1) is 11.5 Å². The number of Topliss-reactive ketones (excluding diaryl/α,β-unsaturated/α-hetero) is 1. The van der Waals surface area contributed by atoms with E-state index in [9.17, 15) is 19.7 Å². The summed E-state index contributed by atoms with van der Waals surface area (Å²) in [4.78, 5) is 35.4. The molecular formula is C15H23N5O5. The van der Waals surface area contributed by atoms with E-state index in [1.807, 2.05) is 0 Å². The van der Waals surface area contributed by atoms with Crippen LogP contribution in [0, 0.1) is 10.1 Å². The molecule has 0 spiro atoms. The van der Waals surface area contributed by atoms with Gasteiger partial charge in [0.1, 0.15) is 28.8 Å². The number of nitrogens with zero attached hydrogens (tertiary/aromatic N) is 3. The smallest absolute Gasteiger partial charge is 0.408 e. The van der Waals surface area contributed by atoms with Crippen LogP contribution in [-0.2, 0) is 22.1 Å². The van der Waals surface area contributed by atoms with Gasteiger partial charge in [-0.1, -0.05) is 0 Å². The number of ether oxygens (including phenoxy) is 1. The van der Waals surface area contributed by atoms with Crippen LogP contribution in [0.25, 0.3) is 0 Å². The highest BCUT2D eigenvalue weighted by Crippen LogP contribution is 2.36. The number of aryl methyl sites for hydroxylation is 1. The first-order valence-electron chi connectivity index (χ1n) is 7.94. The van der Waals surface area contributed by atoms with Crippen LogP contribution in [0.3, 0.4) is 0 Å². The summed E-state index contributed by atoms with van der Waals surface area (Å²) >= 11 is 0. The van der Waals surface area contributed by atoms with Crippen molar-refractivity contribution in [1.82, 2.24) is 20.4 Å². The van der Waals surface area contributed by atoms with Crippen LogP contribution in [0.5, 0.6) is 0 Å². The fourth-order valence-corrected chi connectivity index (χ4v) is 3.00. The lowest BCUT2D eigenvalue weighted by molar-refractivity contribution is -0.386. The van der Waals surface area contributed by atoms with Crippen LogP contribution in [0.15, 0.2) is 6.20 Å². The van der Waals surface area contributed by atoms with Crippen molar-refractivity contribution < 1.29 is 19.2 Å². The maximum Gasteiger partial charge on any atom is 0.408 e. The average molecular weight is 353 g/mol. The molecule has 1 fully saturated rings. The fraction of sp³-hybridized carbons (Fsp3) is 0.667. The van der Waals surface area contributed by atoms with Crippen molar-refractivity contribution >= 4 is 17.6 Å². The molecule has 0 aliphatic carbocycles. The van der Waals surface area contributed by atoms with E-state index in [1.54, 1.807) is 27.8 Å². The Bertz CT molecular complexity index is 693. The number of ketones is 1. The van der Waals surface area contributed by atoms with Crippen molar-refractivity contribution in [3.05, 3.63) is 22.0 Å². The van der Waals surface area contributed by atoms with Crippen LogP contribution in [0.4, 0.5) is 10.5 Å². The molecule has 0 saturated carbocycles. The molecule has 138 valence electrons. The number of carbonyl (C=O) groups is 2. The Morgan fingerprint density at radius 1 is 1.52 bits per heavy atom. The van der Waals surface area contributed by atoms with Gasteiger partial charge in [-0.2, -0.15) is 5.10 Å². The summed E-state index contributed by atoms with van der Waals surface area (Å²) < 4.78 is 6.63. The van der Waals surface area contributed by atoms with E-state index in [4.69, 9.17) is 4.74 Å². The first kappa shape index (κ1) is 18.8. The predicted octanol–water partition coefficient (Wildman–Crippen LogP) is 1.00. The minimum absolute atomic E-state index is 0.0837. The minimum Gasteiger partial charge on any atom is -0.444 e. The predicted molar refractivity (Wildman–Crippen MR) is 88.0 cm³/mol. The summed E-state index contributed by atoms with van der Waals surface area (Å²) in [7, 11) is 1.55. The highest BCUT2D eigenvalue weighted by Gasteiger charge is 2.45. The van der Waals surface area contributed by atoms with E-state index in [2.05, 4.69) is 15.7 Å². The van der Waals surface area contributed by atoms with Gasteiger partial charge in [0, 0.05) is 13.5 Å². The summed E-state index contributed by atoms with van der Waals surface area (Å²) in [6.07, 6.45) is 0.590. The number of carbonyl (C=O) groups excluding carboxylic acids is 2. The van der Waals surface area contributed by atoms with E-state index in [0.29, 0.717) is 13.0 Å². The Kier molecular flexibility index (Phi) is 5.12. The Morgan fingerprint density at radius 2 is 2.20 bits per heavy atom. The van der Waals surface area contributed by atoms with E-state index < -0.39 is 22.2 Å². The molecule has 1 aliphatic heterocycles. The molecule has 2 heterocycles. The number of amides is 1. The normalized spacial score (nSPS) is 21.5. The molecule has 1 aromatic heterocycles. The highest BCUT2D eigenvalue weighted by atomic mass is 16.6. The zero-order valence-electron chi connectivity index (χ0n) is 14.8. The van der Waals surface area contributed by atoms with E-state index in [0.717, 1.165) is 6.20 Å². The van der Waals surface area contributed by atoms with Gasteiger partial charge in [0.25, 0.3) is 0 Å². The van der Waals surface area contributed by atoms with E-state index in [-0.39, 0.29) is 30.1 Å². The molecule has 2 rings (SSSR count). The lowest BCUT2D eigenvalue weighted by Crippen LogP contribution is -2.50. The number of hydrogen-bond donors (Lipinski definition) is 2. The summed E-state index contributed by atoms with van der Waals surface area (Å²) in [5, 5.41) is 21.0. The third-order valence-electron chi connectivity index (χ3n) is 3.86. The molecule has 0 bridgehead atoms. The lowest BCUT2D eigenvalue weighted by Gasteiger charge is -2.33. The average Bonchev–Trinajstić information content (AvgIpc) is 2.74.